The van der Waals surface area contributed by atoms with Crippen LogP contribution in [0.4, 0.5) is 14.5 Å². The number of halogens is 2. The Hall–Kier alpha value is -2.02. The van der Waals surface area contributed by atoms with Crippen LogP contribution in [0.3, 0.4) is 0 Å². The number of thiazole rings is 1. The number of aromatic nitrogens is 1. The second-order valence-corrected chi connectivity index (χ2v) is 5.28. The number of nitrogens with one attached hydrogen (secondary N) is 1. The zero-order valence-electron chi connectivity index (χ0n) is 10.7. The SMILES string of the molecule is Cc1nc(CCNC(=O)c2cc(F)cc(N)c2F)cs1. The van der Waals surface area contributed by atoms with E-state index in [1.165, 1.54) is 11.3 Å². The smallest absolute Gasteiger partial charge is 0.254 e. The van der Waals surface area contributed by atoms with Crippen molar-refractivity contribution < 1.29 is 13.6 Å². The van der Waals surface area contributed by atoms with Gasteiger partial charge in [0.15, 0.2) is 5.82 Å². The summed E-state index contributed by atoms with van der Waals surface area (Å²) in [6, 6.07) is 1.66. The second-order valence-electron chi connectivity index (χ2n) is 4.22. The van der Waals surface area contributed by atoms with Gasteiger partial charge in [-0.3, -0.25) is 4.79 Å². The fourth-order valence-electron chi connectivity index (χ4n) is 1.70. The Morgan fingerprint density at radius 2 is 2.20 bits per heavy atom. The van der Waals surface area contributed by atoms with E-state index in [1.807, 2.05) is 12.3 Å². The van der Waals surface area contributed by atoms with E-state index in [1.54, 1.807) is 0 Å². The zero-order chi connectivity index (χ0) is 14.7. The van der Waals surface area contributed by atoms with Gasteiger partial charge in [0.2, 0.25) is 0 Å². The highest BCUT2D eigenvalue weighted by Crippen LogP contribution is 2.17. The Kier molecular flexibility index (Phi) is 4.29. The lowest BCUT2D eigenvalue weighted by Gasteiger charge is -2.07. The van der Waals surface area contributed by atoms with Gasteiger partial charge in [-0.2, -0.15) is 0 Å². The molecule has 106 valence electrons. The van der Waals surface area contributed by atoms with Crippen molar-refractivity contribution in [3.05, 3.63) is 45.4 Å². The molecular formula is C13H13F2N3OS. The van der Waals surface area contributed by atoms with E-state index in [4.69, 9.17) is 5.73 Å². The predicted molar refractivity (Wildman–Crippen MR) is 73.7 cm³/mol. The number of anilines is 1. The molecular weight excluding hydrogens is 284 g/mol. The molecule has 0 saturated heterocycles. The Labute approximate surface area is 118 Å². The number of aryl methyl sites for hydroxylation is 1. The summed E-state index contributed by atoms with van der Waals surface area (Å²) in [7, 11) is 0. The molecule has 0 fully saturated rings. The Morgan fingerprint density at radius 3 is 2.85 bits per heavy atom. The van der Waals surface area contributed by atoms with Crippen molar-refractivity contribution in [1.29, 1.82) is 0 Å². The first-order chi connectivity index (χ1) is 9.47. The van der Waals surface area contributed by atoms with E-state index in [-0.39, 0.29) is 12.2 Å². The minimum Gasteiger partial charge on any atom is -0.396 e. The third-order valence-electron chi connectivity index (χ3n) is 2.64. The molecule has 0 atom stereocenters. The van der Waals surface area contributed by atoms with Crippen LogP contribution < -0.4 is 11.1 Å². The highest BCUT2D eigenvalue weighted by atomic mass is 32.1. The number of nitrogen functional groups attached to an aromatic ring is 1. The van der Waals surface area contributed by atoms with Crippen LogP contribution in [0.1, 0.15) is 21.1 Å². The van der Waals surface area contributed by atoms with Gasteiger partial charge in [0.05, 0.1) is 22.0 Å². The lowest BCUT2D eigenvalue weighted by Crippen LogP contribution is -2.27. The van der Waals surface area contributed by atoms with Crippen molar-refractivity contribution in [2.45, 2.75) is 13.3 Å². The summed E-state index contributed by atoms with van der Waals surface area (Å²) in [4.78, 5) is 16.0. The molecule has 0 bridgehead atoms. The molecule has 1 amide bonds. The molecule has 0 radical (unpaired) electrons. The van der Waals surface area contributed by atoms with Crippen molar-refractivity contribution in [3.8, 4) is 0 Å². The summed E-state index contributed by atoms with van der Waals surface area (Å²) in [6.07, 6.45) is 0.530. The average Bonchev–Trinajstić information content (AvgIpc) is 2.79. The first-order valence-electron chi connectivity index (χ1n) is 5.91. The summed E-state index contributed by atoms with van der Waals surface area (Å²) in [6.45, 7) is 2.18. The second kappa shape index (κ2) is 5.96. The number of nitrogens with two attached hydrogens (primary N) is 1. The average molecular weight is 297 g/mol. The molecule has 0 spiro atoms. The summed E-state index contributed by atoms with van der Waals surface area (Å²) < 4.78 is 26.7. The number of hydrogen-bond donors (Lipinski definition) is 2. The molecule has 0 aliphatic carbocycles. The fourth-order valence-corrected chi connectivity index (χ4v) is 2.35. The Balaban J connectivity index is 1.98. The number of amides is 1. The topological polar surface area (TPSA) is 68.0 Å². The van der Waals surface area contributed by atoms with E-state index >= 15 is 0 Å². The van der Waals surface area contributed by atoms with Gasteiger partial charge in [-0.15, -0.1) is 11.3 Å². The molecule has 1 heterocycles. The fraction of sp³-hybridized carbons (Fsp3) is 0.231. The highest BCUT2D eigenvalue weighted by molar-refractivity contribution is 7.09. The van der Waals surface area contributed by atoms with Gasteiger partial charge in [0.1, 0.15) is 5.82 Å². The van der Waals surface area contributed by atoms with Crippen molar-refractivity contribution in [3.63, 3.8) is 0 Å². The van der Waals surface area contributed by atoms with Crippen LogP contribution in [0, 0.1) is 18.6 Å². The summed E-state index contributed by atoms with van der Waals surface area (Å²) >= 11 is 1.52. The quantitative estimate of drug-likeness (QED) is 0.851. The van der Waals surface area contributed by atoms with Gasteiger partial charge in [-0.25, -0.2) is 13.8 Å². The van der Waals surface area contributed by atoms with Crippen molar-refractivity contribution in [2.24, 2.45) is 0 Å². The molecule has 0 unspecified atom stereocenters. The summed E-state index contributed by atoms with van der Waals surface area (Å²) in [5, 5.41) is 5.35. The lowest BCUT2D eigenvalue weighted by molar-refractivity contribution is 0.0949. The number of hydrogen-bond acceptors (Lipinski definition) is 4. The predicted octanol–water partition coefficient (Wildman–Crippen LogP) is 2.28. The monoisotopic (exact) mass is 297 g/mol. The molecule has 20 heavy (non-hydrogen) atoms. The van der Waals surface area contributed by atoms with Gasteiger partial charge in [-0.1, -0.05) is 0 Å². The molecule has 4 nitrogen and oxygen atoms in total. The van der Waals surface area contributed by atoms with Gasteiger partial charge < -0.3 is 11.1 Å². The first kappa shape index (κ1) is 14.4. The van der Waals surface area contributed by atoms with Crippen LogP contribution in [0.15, 0.2) is 17.5 Å². The van der Waals surface area contributed by atoms with Crippen LogP contribution >= 0.6 is 11.3 Å². The molecule has 7 heteroatoms. The third kappa shape index (κ3) is 3.30. The van der Waals surface area contributed by atoms with Gasteiger partial charge in [-0.05, 0) is 19.1 Å². The van der Waals surface area contributed by atoms with E-state index in [2.05, 4.69) is 10.3 Å². The standard InChI is InChI=1S/C13H13F2N3OS/c1-7-18-9(6-20-7)2-3-17-13(19)10-4-8(14)5-11(16)12(10)15/h4-6H,2-3,16H2,1H3,(H,17,19). The molecule has 3 N–H and O–H groups in total. The van der Waals surface area contributed by atoms with Gasteiger partial charge >= 0.3 is 0 Å². The highest BCUT2D eigenvalue weighted by Gasteiger charge is 2.15. The maximum Gasteiger partial charge on any atom is 0.254 e. The van der Waals surface area contributed by atoms with Gasteiger partial charge in [0.25, 0.3) is 5.91 Å². The van der Waals surface area contributed by atoms with Crippen LogP contribution in [-0.4, -0.2) is 17.4 Å². The zero-order valence-corrected chi connectivity index (χ0v) is 11.6. The molecule has 0 saturated carbocycles. The number of nitrogens with zero attached hydrogens (tertiary/aromatic N) is 1. The van der Waals surface area contributed by atoms with Crippen molar-refractivity contribution >= 4 is 22.9 Å². The molecule has 2 rings (SSSR count). The molecule has 1 aromatic carbocycles. The molecule has 0 aliphatic heterocycles. The minimum atomic E-state index is -0.909. The van der Waals surface area contributed by atoms with E-state index in [9.17, 15) is 13.6 Å². The van der Waals surface area contributed by atoms with Crippen LogP contribution in [-0.2, 0) is 6.42 Å². The van der Waals surface area contributed by atoms with Gasteiger partial charge in [0, 0.05) is 18.3 Å². The van der Waals surface area contributed by atoms with Crippen LogP contribution in [0.25, 0.3) is 0 Å². The number of benzene rings is 1. The van der Waals surface area contributed by atoms with E-state index < -0.39 is 23.1 Å². The van der Waals surface area contributed by atoms with Crippen molar-refractivity contribution in [2.75, 3.05) is 12.3 Å². The maximum atomic E-state index is 13.6. The normalized spacial score (nSPS) is 10.6. The minimum absolute atomic E-state index is 0.290. The van der Waals surface area contributed by atoms with Crippen molar-refractivity contribution in [1.82, 2.24) is 10.3 Å². The lowest BCUT2D eigenvalue weighted by atomic mass is 10.1. The van der Waals surface area contributed by atoms with Crippen LogP contribution in [0.2, 0.25) is 0 Å². The van der Waals surface area contributed by atoms with Crippen LogP contribution in [0.5, 0.6) is 0 Å². The molecule has 0 aliphatic rings. The third-order valence-corrected chi connectivity index (χ3v) is 3.47. The first-order valence-corrected chi connectivity index (χ1v) is 6.79. The molecule has 2 aromatic rings. The summed E-state index contributed by atoms with van der Waals surface area (Å²) in [5.41, 5.74) is 5.36. The van der Waals surface area contributed by atoms with E-state index in [0.717, 1.165) is 22.8 Å². The van der Waals surface area contributed by atoms with E-state index in [0.29, 0.717) is 6.42 Å². The number of rotatable bonds is 4. The Morgan fingerprint density at radius 1 is 1.45 bits per heavy atom. The maximum absolute atomic E-state index is 13.6. The molecule has 1 aromatic heterocycles. The summed E-state index contributed by atoms with van der Waals surface area (Å²) in [5.74, 6) is -2.35. The largest absolute Gasteiger partial charge is 0.396 e. The number of carbonyl (C=O) groups is 1. The Bertz CT molecular complexity index is 643. The number of carbonyl (C=O) groups excluding carboxylic acids is 1.